The Morgan fingerprint density at radius 2 is 0.491 bits per heavy atom. The van der Waals surface area contributed by atoms with Crippen LogP contribution in [-0.2, 0) is 39.3 Å². The number of aliphatic hydroxyl groups is 4. The molecule has 0 amide bonds. The van der Waals surface area contributed by atoms with Crippen LogP contribution in [0.2, 0.25) is 0 Å². The monoisotopic (exact) mass is 1560 g/mol. The van der Waals surface area contributed by atoms with Gasteiger partial charge in [-0.1, -0.05) is 24.3 Å². The number of benzene rings is 4. The van der Waals surface area contributed by atoms with Crippen LogP contribution >= 0.6 is 0 Å². The summed E-state index contributed by atoms with van der Waals surface area (Å²) in [4.78, 5) is 34.2. The maximum atomic E-state index is 12.7. The van der Waals surface area contributed by atoms with Crippen molar-refractivity contribution < 1.29 is 54.1 Å². The molecule has 32 nitrogen and oxygen atoms in total. The minimum Gasteiger partial charge on any atom is -0.390 e. The van der Waals surface area contributed by atoms with E-state index in [1.165, 1.54) is 0 Å². The topological polar surface area (TPSA) is 494 Å². The smallest absolute Gasteiger partial charge is 0.197 e. The van der Waals surface area contributed by atoms with Crippen LogP contribution in [0.3, 0.4) is 0 Å². The summed E-state index contributed by atoms with van der Waals surface area (Å²) in [6.07, 6.45) is 7.03. The molecule has 0 spiro atoms. The maximum Gasteiger partial charge on any atom is 0.197 e. The van der Waals surface area contributed by atoms with Crippen LogP contribution in [0, 0.1) is 55.4 Å². The first-order chi connectivity index (χ1) is 49.9. The molecule has 12 N–H and O–H groups in total. The molecule has 0 saturated heterocycles. The molecular formula is C72H92N20O12S4. The van der Waals surface area contributed by atoms with Crippen molar-refractivity contribution in [1.29, 1.82) is 0 Å². The average Bonchev–Trinajstić information content (AvgIpc) is 1.54. The Labute approximate surface area is 626 Å². The van der Waals surface area contributed by atoms with E-state index in [0.717, 1.165) is 22.3 Å². The van der Waals surface area contributed by atoms with E-state index >= 15 is 0 Å². The van der Waals surface area contributed by atoms with Gasteiger partial charge in [0.15, 0.2) is 85.2 Å². The highest BCUT2D eigenvalue weighted by Gasteiger charge is 2.28. The van der Waals surface area contributed by atoms with Crippen molar-refractivity contribution in [2.24, 2.45) is 0 Å². The zero-order chi connectivity index (χ0) is 79.9. The summed E-state index contributed by atoms with van der Waals surface area (Å²) in [5, 5.41) is 56.8. The SMILES string of the molecule is Cc1nc(N)c2ncc(-c3cc(S(=O)(=O)CCC(C)(C)O)ccc3C)n2n1.Cc1nc(N)c2ncc(-c3cc(S(=O)(=O)CCC(C)(C)O)ccc3C)n2n1.Cc1nc(N)c2ncc(-c3cc(S(=O)(=O)CCC(C)(C)O)ccc3C)n2n1.Cc1nc(N)c2ncc(-c3cc(S(=O)(=O)CCC(C)(C)O)ccc3C)n2n1. The van der Waals surface area contributed by atoms with E-state index in [1.807, 2.05) is 27.7 Å². The maximum absolute atomic E-state index is 12.7. The van der Waals surface area contributed by atoms with Gasteiger partial charge in [-0.15, -0.1) is 0 Å². The molecule has 0 radical (unpaired) electrons. The number of nitrogens with two attached hydrogens (primary N) is 4. The van der Waals surface area contributed by atoms with Crippen molar-refractivity contribution in [1.82, 2.24) is 78.3 Å². The van der Waals surface area contributed by atoms with Gasteiger partial charge < -0.3 is 43.4 Å². The van der Waals surface area contributed by atoms with Gasteiger partial charge in [0.2, 0.25) is 0 Å². The molecule has 576 valence electrons. The van der Waals surface area contributed by atoms with Crippen LogP contribution in [0.5, 0.6) is 0 Å². The summed E-state index contributed by atoms with van der Waals surface area (Å²) < 4.78 is 108. The van der Waals surface area contributed by atoms with Gasteiger partial charge in [-0.2, -0.15) is 20.4 Å². The molecule has 0 atom stereocenters. The third kappa shape index (κ3) is 19.6. The van der Waals surface area contributed by atoms with Gasteiger partial charge in [0.05, 0.1) is 113 Å². The minimum atomic E-state index is -3.54. The van der Waals surface area contributed by atoms with Crippen LogP contribution in [0.15, 0.2) is 117 Å². The molecule has 4 aromatic carbocycles. The number of hydrogen-bond acceptors (Lipinski definition) is 28. The quantitative estimate of drug-likeness (QED) is 0.0362. The predicted octanol–water partition coefficient (Wildman–Crippen LogP) is 7.70. The number of rotatable bonds is 20. The Kier molecular flexibility index (Phi) is 23.4. The Balaban J connectivity index is 0.000000166. The average molecular weight is 1560 g/mol. The molecule has 12 aromatic rings. The van der Waals surface area contributed by atoms with Crippen molar-refractivity contribution in [3.8, 4) is 45.0 Å². The summed E-state index contributed by atoms with van der Waals surface area (Å²) in [5.41, 5.74) is 30.0. The largest absolute Gasteiger partial charge is 0.390 e. The first-order valence-corrected chi connectivity index (χ1v) is 40.7. The zero-order valence-corrected chi connectivity index (χ0v) is 66.3. The van der Waals surface area contributed by atoms with Crippen LogP contribution in [0.4, 0.5) is 23.3 Å². The fraction of sp³-hybridized carbons (Fsp3) is 0.389. The zero-order valence-electron chi connectivity index (χ0n) is 63.0. The van der Waals surface area contributed by atoms with Crippen molar-refractivity contribution in [2.75, 3.05) is 45.9 Å². The van der Waals surface area contributed by atoms with E-state index < -0.39 is 61.8 Å². The van der Waals surface area contributed by atoms with Gasteiger partial charge in [0.1, 0.15) is 23.3 Å². The second-order valence-electron chi connectivity index (χ2n) is 29.1. The molecule has 0 unspecified atom stereocenters. The number of hydrogen-bond donors (Lipinski definition) is 8. The Morgan fingerprint density at radius 1 is 0.315 bits per heavy atom. The first-order valence-electron chi connectivity index (χ1n) is 34.1. The van der Waals surface area contributed by atoms with Gasteiger partial charge in [-0.25, -0.2) is 91.6 Å². The summed E-state index contributed by atoms with van der Waals surface area (Å²) in [5.74, 6) is 2.47. The van der Waals surface area contributed by atoms with E-state index in [4.69, 9.17) is 22.9 Å². The number of imidazole rings is 4. The Bertz CT molecular complexity index is 5170. The molecule has 0 fully saturated rings. The second-order valence-corrected chi connectivity index (χ2v) is 37.6. The van der Waals surface area contributed by atoms with E-state index in [9.17, 15) is 54.1 Å². The molecule has 0 bridgehead atoms. The lowest BCUT2D eigenvalue weighted by molar-refractivity contribution is 0.0766. The van der Waals surface area contributed by atoms with E-state index in [2.05, 4.69) is 60.3 Å². The number of nitrogens with zero attached hydrogens (tertiary/aromatic N) is 16. The van der Waals surface area contributed by atoms with Gasteiger partial charge >= 0.3 is 0 Å². The summed E-state index contributed by atoms with van der Waals surface area (Å²) in [7, 11) is -14.2. The Hall–Kier alpha value is -10.1. The number of nitrogen functional groups attached to an aromatic ring is 4. The lowest BCUT2D eigenvalue weighted by Gasteiger charge is -2.17. The van der Waals surface area contributed by atoms with Gasteiger partial charge in [-0.3, -0.25) is 0 Å². The van der Waals surface area contributed by atoms with Crippen molar-refractivity contribution in [3.63, 3.8) is 0 Å². The van der Waals surface area contributed by atoms with Crippen molar-refractivity contribution in [2.45, 2.75) is 178 Å². The predicted molar refractivity (Wildman–Crippen MR) is 412 cm³/mol. The molecule has 8 heterocycles. The lowest BCUT2D eigenvalue weighted by Crippen LogP contribution is -2.23. The number of aromatic nitrogens is 16. The van der Waals surface area contributed by atoms with Gasteiger partial charge in [0, 0.05) is 22.3 Å². The molecule has 0 aliphatic heterocycles. The summed E-state index contributed by atoms with van der Waals surface area (Å²) in [6.45, 7) is 27.2. The third-order valence-electron chi connectivity index (χ3n) is 17.3. The van der Waals surface area contributed by atoms with Crippen LogP contribution in [0.25, 0.3) is 67.6 Å². The highest BCUT2D eigenvalue weighted by atomic mass is 32.2. The lowest BCUT2D eigenvalue weighted by atomic mass is 10.1. The van der Waals surface area contributed by atoms with Crippen LogP contribution < -0.4 is 22.9 Å². The third-order valence-corrected chi connectivity index (χ3v) is 24.1. The van der Waals surface area contributed by atoms with Crippen LogP contribution in [-0.4, -0.2) is 178 Å². The summed E-state index contributed by atoms with van der Waals surface area (Å²) in [6, 6.07) is 19.8. The molecule has 0 aliphatic rings. The number of anilines is 4. The minimum absolute atomic E-state index is 0.139. The van der Waals surface area contributed by atoms with E-state index in [0.29, 0.717) is 90.9 Å². The molecule has 8 aromatic heterocycles. The summed E-state index contributed by atoms with van der Waals surface area (Å²) >= 11 is 0. The van der Waals surface area contributed by atoms with E-state index in [1.54, 1.807) is 199 Å². The van der Waals surface area contributed by atoms with Crippen LogP contribution in [0.1, 0.15) is 127 Å². The number of aryl methyl sites for hydroxylation is 8. The Morgan fingerprint density at radius 3 is 0.657 bits per heavy atom. The fourth-order valence-electron chi connectivity index (χ4n) is 11.1. The van der Waals surface area contributed by atoms with Gasteiger partial charge in [0.25, 0.3) is 0 Å². The highest BCUT2D eigenvalue weighted by Crippen LogP contribution is 2.34. The fourth-order valence-corrected chi connectivity index (χ4v) is 17.4. The highest BCUT2D eigenvalue weighted by molar-refractivity contribution is 7.92. The molecule has 0 saturated carbocycles. The number of fused-ring (bicyclic) bond motifs is 4. The molecule has 12 rings (SSSR count). The standard InChI is InChI=1S/4C18H23N5O3S/c4*1-11-5-6-13(27(25,26)8-7-18(3,4)24)9-14(11)15-10-20-17-16(19)21-12(2)22-23(15)17/h4*5-6,9-10,24H,7-8H2,1-4H3,(H2,19,21,22). The molecular weight excluding hydrogens is 1470 g/mol. The number of sulfone groups is 4. The molecule has 108 heavy (non-hydrogen) atoms. The van der Waals surface area contributed by atoms with E-state index in [-0.39, 0.29) is 91.5 Å². The van der Waals surface area contributed by atoms with Gasteiger partial charge in [-0.05, 0) is 207 Å². The van der Waals surface area contributed by atoms with Crippen molar-refractivity contribution in [3.05, 3.63) is 143 Å². The van der Waals surface area contributed by atoms with Crippen molar-refractivity contribution >= 4 is 85.2 Å². The molecule has 36 heteroatoms. The second kappa shape index (κ2) is 30.9. The molecule has 0 aliphatic carbocycles. The first kappa shape index (κ1) is 82.0. The normalized spacial score (nSPS) is 12.6.